The van der Waals surface area contributed by atoms with Gasteiger partial charge in [0, 0.05) is 20.1 Å². The van der Waals surface area contributed by atoms with Gasteiger partial charge in [-0.3, -0.25) is 0 Å². The first-order chi connectivity index (χ1) is 5.38. The molecule has 1 saturated heterocycles. The molecule has 1 aromatic heterocycles. The molecule has 60 valence electrons. The molecule has 0 spiro atoms. The fourth-order valence-corrected chi connectivity index (χ4v) is 1.49. The number of hydrogen-bond acceptors (Lipinski definition) is 3. The third kappa shape index (κ3) is 1.08. The summed E-state index contributed by atoms with van der Waals surface area (Å²) in [7, 11) is 1.93. The molecule has 2 heterocycles. The quantitative estimate of drug-likeness (QED) is 0.584. The van der Waals surface area contributed by atoms with Crippen molar-refractivity contribution in [3.63, 3.8) is 0 Å². The number of rotatable bonds is 1. The molecule has 0 unspecified atom stereocenters. The number of anilines is 1. The van der Waals surface area contributed by atoms with Gasteiger partial charge in [0.1, 0.15) is 6.33 Å². The summed E-state index contributed by atoms with van der Waals surface area (Å²) in [6, 6.07) is 0. The third-order valence-corrected chi connectivity index (χ3v) is 2.08. The van der Waals surface area contributed by atoms with Gasteiger partial charge in [0.25, 0.3) is 0 Å². The van der Waals surface area contributed by atoms with Crippen LogP contribution < -0.4 is 4.90 Å². The van der Waals surface area contributed by atoms with Gasteiger partial charge in [-0.05, 0) is 12.8 Å². The SMILES string of the molecule is Cn1ncnc1N1CCCC1. The van der Waals surface area contributed by atoms with E-state index >= 15 is 0 Å². The minimum atomic E-state index is 1.00. The van der Waals surface area contributed by atoms with E-state index in [-0.39, 0.29) is 0 Å². The molecule has 1 aromatic rings. The summed E-state index contributed by atoms with van der Waals surface area (Å²) in [5.41, 5.74) is 0. The summed E-state index contributed by atoms with van der Waals surface area (Å²) < 4.78 is 1.82. The molecule has 0 atom stereocenters. The van der Waals surface area contributed by atoms with Gasteiger partial charge in [-0.25, -0.2) is 4.68 Å². The highest BCUT2D eigenvalue weighted by Gasteiger charge is 2.15. The molecule has 0 saturated carbocycles. The molecule has 0 N–H and O–H groups in total. The molecule has 1 fully saturated rings. The van der Waals surface area contributed by atoms with Crippen LogP contribution in [0.5, 0.6) is 0 Å². The summed E-state index contributed by atoms with van der Waals surface area (Å²) in [4.78, 5) is 6.45. The Balaban J connectivity index is 2.21. The Morgan fingerprint density at radius 1 is 1.36 bits per heavy atom. The van der Waals surface area contributed by atoms with Crippen LogP contribution in [-0.2, 0) is 7.05 Å². The zero-order valence-electron chi connectivity index (χ0n) is 6.69. The Labute approximate surface area is 65.8 Å². The van der Waals surface area contributed by atoms with Gasteiger partial charge in [0.2, 0.25) is 5.95 Å². The number of aryl methyl sites for hydroxylation is 1. The average molecular weight is 152 g/mol. The van der Waals surface area contributed by atoms with Gasteiger partial charge in [-0.2, -0.15) is 10.1 Å². The van der Waals surface area contributed by atoms with Crippen molar-refractivity contribution in [3.8, 4) is 0 Å². The summed E-state index contributed by atoms with van der Waals surface area (Å²) >= 11 is 0. The first kappa shape index (κ1) is 6.64. The van der Waals surface area contributed by atoms with Crippen molar-refractivity contribution in [3.05, 3.63) is 6.33 Å². The van der Waals surface area contributed by atoms with Crippen LogP contribution >= 0.6 is 0 Å². The van der Waals surface area contributed by atoms with Crippen LogP contribution in [0.1, 0.15) is 12.8 Å². The van der Waals surface area contributed by atoms with Crippen molar-refractivity contribution in [1.82, 2.24) is 14.8 Å². The molecular formula is C7H12N4. The zero-order chi connectivity index (χ0) is 7.68. The maximum absolute atomic E-state index is 4.18. The summed E-state index contributed by atoms with van der Waals surface area (Å²) in [5.74, 6) is 1.00. The molecule has 0 bridgehead atoms. The standard InChI is InChI=1S/C7H12N4/c1-10-7(8-6-9-10)11-4-2-3-5-11/h6H,2-5H2,1H3. The molecule has 4 heteroatoms. The second-order valence-electron chi connectivity index (χ2n) is 2.88. The number of nitrogens with zero attached hydrogens (tertiary/aromatic N) is 4. The highest BCUT2D eigenvalue weighted by atomic mass is 15.4. The van der Waals surface area contributed by atoms with Crippen molar-refractivity contribution in [2.24, 2.45) is 7.05 Å². The van der Waals surface area contributed by atoms with E-state index in [0.717, 1.165) is 19.0 Å². The highest BCUT2D eigenvalue weighted by Crippen LogP contribution is 2.15. The topological polar surface area (TPSA) is 34.0 Å². The Kier molecular flexibility index (Phi) is 1.52. The molecule has 0 aliphatic carbocycles. The monoisotopic (exact) mass is 152 g/mol. The fourth-order valence-electron chi connectivity index (χ4n) is 1.49. The van der Waals surface area contributed by atoms with Crippen LogP contribution in [0.4, 0.5) is 5.95 Å². The molecule has 0 radical (unpaired) electrons. The molecule has 1 aliphatic heterocycles. The second-order valence-corrected chi connectivity index (χ2v) is 2.88. The molecule has 0 aromatic carbocycles. The lowest BCUT2D eigenvalue weighted by molar-refractivity contribution is 0.734. The van der Waals surface area contributed by atoms with Crippen molar-refractivity contribution in [1.29, 1.82) is 0 Å². The average Bonchev–Trinajstić information content (AvgIpc) is 2.55. The van der Waals surface area contributed by atoms with Gasteiger partial charge >= 0.3 is 0 Å². The molecule has 0 amide bonds. The largest absolute Gasteiger partial charge is 0.341 e. The molecular weight excluding hydrogens is 140 g/mol. The zero-order valence-corrected chi connectivity index (χ0v) is 6.69. The van der Waals surface area contributed by atoms with Crippen molar-refractivity contribution >= 4 is 5.95 Å². The molecule has 1 aliphatic rings. The lowest BCUT2D eigenvalue weighted by Crippen LogP contribution is -2.21. The Bertz CT molecular complexity index is 236. The van der Waals surface area contributed by atoms with Crippen LogP contribution in [0.2, 0.25) is 0 Å². The van der Waals surface area contributed by atoms with Gasteiger partial charge in [-0.1, -0.05) is 0 Å². The van der Waals surface area contributed by atoms with Gasteiger partial charge < -0.3 is 4.90 Å². The molecule has 4 nitrogen and oxygen atoms in total. The van der Waals surface area contributed by atoms with Crippen LogP contribution in [0.25, 0.3) is 0 Å². The van der Waals surface area contributed by atoms with Crippen molar-refractivity contribution in [2.45, 2.75) is 12.8 Å². The minimum absolute atomic E-state index is 1.00. The minimum Gasteiger partial charge on any atom is -0.341 e. The van der Waals surface area contributed by atoms with E-state index < -0.39 is 0 Å². The lowest BCUT2D eigenvalue weighted by atomic mass is 10.4. The lowest BCUT2D eigenvalue weighted by Gasteiger charge is -2.14. The highest BCUT2D eigenvalue weighted by molar-refractivity contribution is 5.29. The van der Waals surface area contributed by atoms with E-state index in [1.807, 2.05) is 11.7 Å². The maximum atomic E-state index is 4.18. The second kappa shape index (κ2) is 2.53. The van der Waals surface area contributed by atoms with Gasteiger partial charge in [0.15, 0.2) is 0 Å². The number of hydrogen-bond donors (Lipinski definition) is 0. The van der Waals surface area contributed by atoms with E-state index in [0.29, 0.717) is 0 Å². The van der Waals surface area contributed by atoms with E-state index in [1.54, 1.807) is 6.33 Å². The first-order valence-corrected chi connectivity index (χ1v) is 3.97. The maximum Gasteiger partial charge on any atom is 0.223 e. The first-order valence-electron chi connectivity index (χ1n) is 3.97. The summed E-state index contributed by atoms with van der Waals surface area (Å²) in [6.45, 7) is 2.26. The van der Waals surface area contributed by atoms with E-state index in [2.05, 4.69) is 15.0 Å². The third-order valence-electron chi connectivity index (χ3n) is 2.08. The van der Waals surface area contributed by atoms with Crippen LogP contribution in [-0.4, -0.2) is 27.9 Å². The Morgan fingerprint density at radius 2 is 2.09 bits per heavy atom. The van der Waals surface area contributed by atoms with Crippen LogP contribution in [0.15, 0.2) is 6.33 Å². The van der Waals surface area contributed by atoms with Crippen molar-refractivity contribution in [2.75, 3.05) is 18.0 Å². The molecule has 2 rings (SSSR count). The number of aromatic nitrogens is 3. The summed E-state index contributed by atoms with van der Waals surface area (Å²) in [6.07, 6.45) is 4.17. The van der Waals surface area contributed by atoms with Crippen LogP contribution in [0, 0.1) is 0 Å². The fraction of sp³-hybridized carbons (Fsp3) is 0.714. The Hall–Kier alpha value is -1.06. The van der Waals surface area contributed by atoms with Gasteiger partial charge in [0.05, 0.1) is 0 Å². The summed E-state index contributed by atoms with van der Waals surface area (Å²) in [5, 5.41) is 4.03. The predicted octanol–water partition coefficient (Wildman–Crippen LogP) is 0.415. The normalized spacial score (nSPS) is 17.7. The molecule has 11 heavy (non-hydrogen) atoms. The smallest absolute Gasteiger partial charge is 0.223 e. The Morgan fingerprint density at radius 3 is 2.64 bits per heavy atom. The van der Waals surface area contributed by atoms with Gasteiger partial charge in [-0.15, -0.1) is 0 Å². The van der Waals surface area contributed by atoms with Crippen molar-refractivity contribution < 1.29 is 0 Å². The van der Waals surface area contributed by atoms with E-state index in [9.17, 15) is 0 Å². The van der Waals surface area contributed by atoms with E-state index in [4.69, 9.17) is 0 Å². The van der Waals surface area contributed by atoms with E-state index in [1.165, 1.54) is 12.8 Å². The van der Waals surface area contributed by atoms with Crippen LogP contribution in [0.3, 0.4) is 0 Å². The predicted molar refractivity (Wildman–Crippen MR) is 42.5 cm³/mol.